The Morgan fingerprint density at radius 1 is 1.25 bits per heavy atom. The lowest BCUT2D eigenvalue weighted by atomic mass is 9.89. The maximum atomic E-state index is 5.82. The molecule has 0 aliphatic heterocycles. The highest BCUT2D eigenvalue weighted by Crippen LogP contribution is 2.31. The molecule has 0 saturated carbocycles. The molecule has 1 unspecified atom stereocenters. The Morgan fingerprint density at radius 2 is 2.10 bits per heavy atom. The lowest BCUT2D eigenvalue weighted by Gasteiger charge is -2.25. The fourth-order valence-electron chi connectivity index (χ4n) is 2.83. The van der Waals surface area contributed by atoms with Crippen LogP contribution < -0.4 is 10.1 Å². The standard InChI is InChI=1S/C18H27NO/c1-4-19-18(15-9-6-5-7-10-15)16-11-8-12-17(13-16)20-14(2)3/h8-9,11-14,18-19H,4-7,10H2,1-3H3. The first-order chi connectivity index (χ1) is 9.70. The maximum Gasteiger partial charge on any atom is 0.120 e. The summed E-state index contributed by atoms with van der Waals surface area (Å²) in [4.78, 5) is 0. The number of hydrogen-bond acceptors (Lipinski definition) is 2. The van der Waals surface area contributed by atoms with Gasteiger partial charge in [-0.25, -0.2) is 0 Å². The van der Waals surface area contributed by atoms with Crippen molar-refractivity contribution in [3.05, 3.63) is 41.5 Å². The maximum absolute atomic E-state index is 5.82. The van der Waals surface area contributed by atoms with Crippen LogP contribution in [0.1, 0.15) is 58.1 Å². The summed E-state index contributed by atoms with van der Waals surface area (Å²) in [6, 6.07) is 8.87. The second-order valence-electron chi connectivity index (χ2n) is 5.75. The number of nitrogens with one attached hydrogen (secondary N) is 1. The molecule has 0 fully saturated rings. The quantitative estimate of drug-likeness (QED) is 0.763. The zero-order valence-electron chi connectivity index (χ0n) is 13.0. The summed E-state index contributed by atoms with van der Waals surface area (Å²) in [7, 11) is 0. The van der Waals surface area contributed by atoms with Gasteiger partial charge in [-0.15, -0.1) is 0 Å². The number of hydrogen-bond donors (Lipinski definition) is 1. The Bertz CT molecular complexity index is 450. The number of rotatable bonds is 6. The summed E-state index contributed by atoms with van der Waals surface area (Å²) in [6.07, 6.45) is 7.73. The van der Waals surface area contributed by atoms with Crippen LogP contribution in [0.4, 0.5) is 0 Å². The number of allylic oxidation sites excluding steroid dienone is 1. The van der Waals surface area contributed by atoms with Crippen LogP contribution in [0.15, 0.2) is 35.9 Å². The predicted octanol–water partition coefficient (Wildman–Crippen LogP) is 4.62. The Kier molecular flexibility index (Phi) is 5.66. The first kappa shape index (κ1) is 15.1. The van der Waals surface area contributed by atoms with Gasteiger partial charge in [-0.1, -0.05) is 30.7 Å². The fraction of sp³-hybridized carbons (Fsp3) is 0.556. The molecule has 1 aliphatic rings. The van der Waals surface area contributed by atoms with E-state index in [-0.39, 0.29) is 6.10 Å². The van der Waals surface area contributed by atoms with Crippen molar-refractivity contribution in [2.45, 2.75) is 58.6 Å². The van der Waals surface area contributed by atoms with E-state index >= 15 is 0 Å². The molecule has 2 rings (SSSR count). The molecule has 1 N–H and O–H groups in total. The van der Waals surface area contributed by atoms with Crippen molar-refractivity contribution in [1.82, 2.24) is 5.32 Å². The van der Waals surface area contributed by atoms with Crippen molar-refractivity contribution in [3.63, 3.8) is 0 Å². The third-order valence-corrected chi connectivity index (χ3v) is 3.67. The van der Waals surface area contributed by atoms with E-state index in [2.05, 4.69) is 50.4 Å². The first-order valence-corrected chi connectivity index (χ1v) is 7.89. The van der Waals surface area contributed by atoms with Crippen LogP contribution >= 0.6 is 0 Å². The van der Waals surface area contributed by atoms with Gasteiger partial charge in [0.15, 0.2) is 0 Å². The molecular formula is C18H27NO. The van der Waals surface area contributed by atoms with Gasteiger partial charge in [-0.2, -0.15) is 0 Å². The minimum atomic E-state index is 0.219. The molecule has 1 aromatic carbocycles. The van der Waals surface area contributed by atoms with Crippen LogP contribution in [0.3, 0.4) is 0 Å². The highest BCUT2D eigenvalue weighted by atomic mass is 16.5. The Hall–Kier alpha value is -1.28. The van der Waals surface area contributed by atoms with E-state index in [1.54, 1.807) is 5.57 Å². The predicted molar refractivity (Wildman–Crippen MR) is 85.2 cm³/mol. The zero-order valence-corrected chi connectivity index (χ0v) is 13.0. The van der Waals surface area contributed by atoms with Crippen LogP contribution in [-0.4, -0.2) is 12.6 Å². The summed E-state index contributed by atoms with van der Waals surface area (Å²) in [5.74, 6) is 0.969. The van der Waals surface area contributed by atoms with Crippen molar-refractivity contribution in [1.29, 1.82) is 0 Å². The Labute approximate surface area is 123 Å². The number of ether oxygens (including phenoxy) is 1. The van der Waals surface area contributed by atoms with E-state index in [9.17, 15) is 0 Å². The van der Waals surface area contributed by atoms with Gasteiger partial charge in [-0.05, 0) is 63.8 Å². The van der Waals surface area contributed by atoms with Crippen LogP contribution in [-0.2, 0) is 0 Å². The highest BCUT2D eigenvalue weighted by molar-refractivity contribution is 5.35. The van der Waals surface area contributed by atoms with Crippen LogP contribution in [0.5, 0.6) is 5.75 Å². The molecule has 20 heavy (non-hydrogen) atoms. The van der Waals surface area contributed by atoms with Gasteiger partial charge in [0.05, 0.1) is 12.1 Å². The van der Waals surface area contributed by atoms with Crippen LogP contribution in [0.2, 0.25) is 0 Å². The molecule has 1 atom stereocenters. The van der Waals surface area contributed by atoms with Crippen molar-refractivity contribution >= 4 is 0 Å². The molecule has 0 heterocycles. The Balaban J connectivity index is 2.22. The second-order valence-corrected chi connectivity index (χ2v) is 5.75. The van der Waals surface area contributed by atoms with Crippen molar-refractivity contribution in [2.75, 3.05) is 6.54 Å². The summed E-state index contributed by atoms with van der Waals surface area (Å²) >= 11 is 0. The molecule has 1 aliphatic carbocycles. The molecule has 2 heteroatoms. The topological polar surface area (TPSA) is 21.3 Å². The molecule has 1 aromatic rings. The first-order valence-electron chi connectivity index (χ1n) is 7.89. The van der Waals surface area contributed by atoms with E-state index < -0.39 is 0 Å². The average Bonchev–Trinajstić information content (AvgIpc) is 2.45. The van der Waals surface area contributed by atoms with Crippen LogP contribution in [0, 0.1) is 0 Å². The van der Waals surface area contributed by atoms with E-state index in [0.717, 1.165) is 12.3 Å². The third kappa shape index (κ3) is 4.11. The molecule has 0 bridgehead atoms. The normalized spacial score (nSPS) is 16.9. The SMILES string of the molecule is CCNC(C1=CCCCC1)c1cccc(OC(C)C)c1. The minimum absolute atomic E-state index is 0.219. The summed E-state index contributed by atoms with van der Waals surface area (Å²) in [5, 5.41) is 3.63. The van der Waals surface area contributed by atoms with Gasteiger partial charge in [0.25, 0.3) is 0 Å². The number of benzene rings is 1. The molecule has 2 nitrogen and oxygen atoms in total. The summed E-state index contributed by atoms with van der Waals surface area (Å²) in [5.41, 5.74) is 2.86. The van der Waals surface area contributed by atoms with E-state index in [1.165, 1.54) is 31.2 Å². The molecule has 0 amide bonds. The van der Waals surface area contributed by atoms with Gasteiger partial charge < -0.3 is 10.1 Å². The van der Waals surface area contributed by atoms with Crippen molar-refractivity contribution in [2.24, 2.45) is 0 Å². The van der Waals surface area contributed by atoms with Crippen LogP contribution in [0.25, 0.3) is 0 Å². The van der Waals surface area contributed by atoms with E-state index in [4.69, 9.17) is 4.74 Å². The monoisotopic (exact) mass is 273 g/mol. The molecule has 0 aromatic heterocycles. The molecule has 110 valence electrons. The van der Waals surface area contributed by atoms with E-state index in [0.29, 0.717) is 6.04 Å². The molecule has 0 radical (unpaired) electrons. The summed E-state index contributed by atoms with van der Waals surface area (Å²) < 4.78 is 5.82. The Morgan fingerprint density at radius 3 is 2.75 bits per heavy atom. The highest BCUT2D eigenvalue weighted by Gasteiger charge is 2.17. The fourth-order valence-corrected chi connectivity index (χ4v) is 2.83. The smallest absolute Gasteiger partial charge is 0.120 e. The van der Waals surface area contributed by atoms with Crippen molar-refractivity contribution < 1.29 is 4.74 Å². The minimum Gasteiger partial charge on any atom is -0.491 e. The lowest BCUT2D eigenvalue weighted by molar-refractivity contribution is 0.242. The average molecular weight is 273 g/mol. The van der Waals surface area contributed by atoms with Gasteiger partial charge in [-0.3, -0.25) is 0 Å². The lowest BCUT2D eigenvalue weighted by Crippen LogP contribution is -2.23. The summed E-state index contributed by atoms with van der Waals surface area (Å²) in [6.45, 7) is 7.29. The van der Waals surface area contributed by atoms with Gasteiger partial charge in [0.1, 0.15) is 5.75 Å². The van der Waals surface area contributed by atoms with Gasteiger partial charge in [0.2, 0.25) is 0 Å². The number of likely N-dealkylation sites (N-methyl/N-ethyl adjacent to an activating group) is 1. The molecule has 0 spiro atoms. The molecular weight excluding hydrogens is 246 g/mol. The second kappa shape index (κ2) is 7.49. The van der Waals surface area contributed by atoms with Gasteiger partial charge in [0, 0.05) is 0 Å². The zero-order chi connectivity index (χ0) is 14.4. The largest absolute Gasteiger partial charge is 0.491 e. The van der Waals surface area contributed by atoms with Crippen molar-refractivity contribution in [3.8, 4) is 5.75 Å². The molecule has 0 saturated heterocycles. The third-order valence-electron chi connectivity index (χ3n) is 3.67. The van der Waals surface area contributed by atoms with E-state index in [1.807, 2.05) is 6.07 Å². The van der Waals surface area contributed by atoms with Gasteiger partial charge >= 0.3 is 0 Å².